The fraction of sp³-hybridized carbons (Fsp3) is 0.810. The van der Waals surface area contributed by atoms with Crippen LogP contribution in [-0.2, 0) is 14.3 Å². The maximum atomic E-state index is 12.6. The number of carbonyl (C=O) groups excluding carboxylic acids is 2. The molecule has 0 radical (unpaired) electrons. The van der Waals surface area contributed by atoms with E-state index < -0.39 is 6.10 Å². The van der Waals surface area contributed by atoms with E-state index in [0.717, 1.165) is 24.8 Å². The zero-order valence-corrected chi connectivity index (χ0v) is 16.9. The number of cyclic esters (lactones) is 1. The molecule has 1 aliphatic rings. The second-order valence-corrected chi connectivity index (χ2v) is 7.97. The summed E-state index contributed by atoms with van der Waals surface area (Å²) in [4.78, 5) is 24.0. The van der Waals surface area contributed by atoms with Gasteiger partial charge >= 0.3 is 5.97 Å². The Morgan fingerprint density at radius 3 is 2.32 bits per heavy atom. The molecular weight excluding hydrogens is 316 g/mol. The number of aliphatic hydroxyl groups is 1. The summed E-state index contributed by atoms with van der Waals surface area (Å²) >= 11 is 0. The molecule has 4 heteroatoms. The van der Waals surface area contributed by atoms with Crippen molar-refractivity contribution in [3.05, 3.63) is 11.6 Å². The van der Waals surface area contributed by atoms with Gasteiger partial charge in [-0.2, -0.15) is 0 Å². The quantitative estimate of drug-likeness (QED) is 0.474. The van der Waals surface area contributed by atoms with Crippen LogP contribution in [0.5, 0.6) is 0 Å². The van der Waals surface area contributed by atoms with Gasteiger partial charge in [-0.25, -0.2) is 0 Å². The molecule has 7 atom stereocenters. The van der Waals surface area contributed by atoms with Crippen LogP contribution in [0.2, 0.25) is 0 Å². The van der Waals surface area contributed by atoms with E-state index in [4.69, 9.17) is 4.74 Å². The Balaban J connectivity index is 2.62. The molecule has 0 aliphatic carbocycles. The first-order valence-electron chi connectivity index (χ1n) is 9.73. The number of allylic oxidation sites excluding steroid dienone is 2. The lowest BCUT2D eigenvalue weighted by Gasteiger charge is -2.38. The van der Waals surface area contributed by atoms with Crippen LogP contribution in [0.25, 0.3) is 0 Å². The summed E-state index contributed by atoms with van der Waals surface area (Å²) in [5, 5.41) is 10.3. The summed E-state index contributed by atoms with van der Waals surface area (Å²) < 4.78 is 5.30. The Hall–Kier alpha value is -1.16. The number of esters is 1. The minimum Gasteiger partial charge on any atom is -0.461 e. The van der Waals surface area contributed by atoms with E-state index in [1.165, 1.54) is 0 Å². The van der Waals surface area contributed by atoms with Crippen molar-refractivity contribution in [2.45, 2.75) is 79.9 Å². The number of hydrogen-bond acceptors (Lipinski definition) is 4. The number of carbonyl (C=O) groups is 2. The third kappa shape index (κ3) is 5.40. The molecular formula is C21H36O4. The van der Waals surface area contributed by atoms with Crippen LogP contribution in [0, 0.1) is 29.6 Å². The fourth-order valence-corrected chi connectivity index (χ4v) is 3.80. The monoisotopic (exact) mass is 352 g/mol. The van der Waals surface area contributed by atoms with Crippen LogP contribution < -0.4 is 0 Å². The largest absolute Gasteiger partial charge is 0.461 e. The van der Waals surface area contributed by atoms with E-state index in [1.54, 1.807) is 0 Å². The molecule has 1 heterocycles. The lowest BCUT2D eigenvalue weighted by Crippen LogP contribution is -2.48. The summed E-state index contributed by atoms with van der Waals surface area (Å²) in [5.74, 6) is -0.179. The fourth-order valence-electron chi connectivity index (χ4n) is 3.80. The third-order valence-corrected chi connectivity index (χ3v) is 5.77. The summed E-state index contributed by atoms with van der Waals surface area (Å²) in [6.07, 6.45) is 3.90. The van der Waals surface area contributed by atoms with Gasteiger partial charge in [0.15, 0.2) is 0 Å². The van der Waals surface area contributed by atoms with E-state index >= 15 is 0 Å². The second kappa shape index (κ2) is 9.51. The number of Topliss-reactive ketones (excluding diaryl/α,β-unsaturated/α-hetero) is 1. The molecule has 0 aromatic heterocycles. The van der Waals surface area contributed by atoms with Gasteiger partial charge in [-0.15, -0.1) is 0 Å². The maximum Gasteiger partial charge on any atom is 0.313 e. The summed E-state index contributed by atoms with van der Waals surface area (Å²) in [6, 6.07) is 0. The number of ketones is 1. The number of ether oxygens (including phenoxy) is 1. The molecule has 0 spiro atoms. The van der Waals surface area contributed by atoms with Gasteiger partial charge in [-0.3, -0.25) is 9.59 Å². The molecule has 1 unspecified atom stereocenters. The Labute approximate surface area is 153 Å². The van der Waals surface area contributed by atoms with Crippen molar-refractivity contribution in [2.24, 2.45) is 29.6 Å². The average Bonchev–Trinajstić information content (AvgIpc) is 2.56. The van der Waals surface area contributed by atoms with E-state index in [0.29, 0.717) is 0 Å². The van der Waals surface area contributed by atoms with Gasteiger partial charge in [-0.1, -0.05) is 59.6 Å². The van der Waals surface area contributed by atoms with E-state index in [1.807, 2.05) is 47.6 Å². The molecule has 144 valence electrons. The summed E-state index contributed by atoms with van der Waals surface area (Å²) in [6.45, 7) is 13.9. The molecule has 4 nitrogen and oxygen atoms in total. The Bertz CT molecular complexity index is 496. The molecule has 0 bridgehead atoms. The van der Waals surface area contributed by atoms with Gasteiger partial charge in [0.2, 0.25) is 0 Å². The Morgan fingerprint density at radius 2 is 1.84 bits per heavy atom. The van der Waals surface area contributed by atoms with E-state index in [2.05, 4.69) is 6.92 Å². The van der Waals surface area contributed by atoms with Gasteiger partial charge in [-0.05, 0) is 31.6 Å². The van der Waals surface area contributed by atoms with Gasteiger partial charge < -0.3 is 9.84 Å². The molecule has 0 aromatic carbocycles. The molecule has 1 fully saturated rings. The lowest BCUT2D eigenvalue weighted by molar-refractivity contribution is -0.191. The number of hydrogen-bond donors (Lipinski definition) is 1. The molecule has 0 saturated carbocycles. The van der Waals surface area contributed by atoms with Crippen LogP contribution in [-0.4, -0.2) is 29.1 Å². The molecule has 1 aliphatic heterocycles. The summed E-state index contributed by atoms with van der Waals surface area (Å²) in [7, 11) is 0. The first-order chi connectivity index (χ1) is 11.6. The highest BCUT2D eigenvalue weighted by Gasteiger charge is 2.43. The van der Waals surface area contributed by atoms with Crippen molar-refractivity contribution >= 4 is 11.8 Å². The number of aliphatic hydroxyl groups excluding tert-OH is 1. The number of rotatable bonds is 10. The second-order valence-electron chi connectivity index (χ2n) is 7.97. The first-order valence-corrected chi connectivity index (χ1v) is 9.73. The predicted molar refractivity (Wildman–Crippen MR) is 100.0 cm³/mol. The highest BCUT2D eigenvalue weighted by Crippen LogP contribution is 2.34. The van der Waals surface area contributed by atoms with Crippen molar-refractivity contribution in [3.8, 4) is 0 Å². The molecule has 1 saturated heterocycles. The molecule has 0 amide bonds. The van der Waals surface area contributed by atoms with Crippen LogP contribution in [0.3, 0.4) is 0 Å². The average molecular weight is 353 g/mol. The van der Waals surface area contributed by atoms with E-state index in [9.17, 15) is 14.7 Å². The Kier molecular flexibility index (Phi) is 8.33. The molecule has 1 N–H and O–H groups in total. The zero-order chi connectivity index (χ0) is 19.3. The third-order valence-electron chi connectivity index (χ3n) is 5.77. The van der Waals surface area contributed by atoms with Crippen LogP contribution in [0.1, 0.15) is 67.7 Å². The Morgan fingerprint density at radius 1 is 1.24 bits per heavy atom. The topological polar surface area (TPSA) is 63.6 Å². The molecule has 0 aromatic rings. The van der Waals surface area contributed by atoms with Gasteiger partial charge in [0.25, 0.3) is 0 Å². The van der Waals surface area contributed by atoms with Crippen molar-refractivity contribution in [1.29, 1.82) is 0 Å². The van der Waals surface area contributed by atoms with E-state index in [-0.39, 0.29) is 47.4 Å². The highest BCUT2D eigenvalue weighted by atomic mass is 16.6. The van der Waals surface area contributed by atoms with Gasteiger partial charge in [0.05, 0.1) is 12.0 Å². The smallest absolute Gasteiger partial charge is 0.313 e. The van der Waals surface area contributed by atoms with Crippen LogP contribution in [0.15, 0.2) is 11.6 Å². The van der Waals surface area contributed by atoms with Crippen molar-refractivity contribution < 1.29 is 19.4 Å². The molecule has 25 heavy (non-hydrogen) atoms. The summed E-state index contributed by atoms with van der Waals surface area (Å²) in [5.41, 5.74) is 1.14. The van der Waals surface area contributed by atoms with Crippen molar-refractivity contribution in [3.63, 3.8) is 0 Å². The van der Waals surface area contributed by atoms with Crippen LogP contribution in [0.4, 0.5) is 0 Å². The minimum atomic E-state index is -0.590. The first kappa shape index (κ1) is 21.9. The lowest BCUT2D eigenvalue weighted by atomic mass is 9.81. The van der Waals surface area contributed by atoms with Crippen molar-refractivity contribution in [1.82, 2.24) is 0 Å². The SMILES string of the molecule is CC[C@@H]1C(=O)OC1[C@@H](C)C/C(C)=C/[C@@H](C)C(=O)[C@@H](C)[C@H](O)[C@H](C)CC. The normalized spacial score (nSPS) is 26.9. The highest BCUT2D eigenvalue weighted by molar-refractivity contribution is 5.85. The van der Waals surface area contributed by atoms with Crippen LogP contribution >= 0.6 is 0 Å². The predicted octanol–water partition coefficient (Wildman–Crippen LogP) is 4.16. The maximum absolute atomic E-state index is 12.6. The van der Waals surface area contributed by atoms with Gasteiger partial charge in [0.1, 0.15) is 11.9 Å². The molecule has 1 rings (SSSR count). The van der Waals surface area contributed by atoms with Crippen molar-refractivity contribution in [2.75, 3.05) is 0 Å². The standard InChI is InChI=1S/C21H36O4/c1-8-13(4)18(22)16(7)19(23)14(5)10-12(3)11-15(6)20-17(9-2)21(24)25-20/h10,13-18,20,22H,8-9,11H2,1-7H3/b12-10+/t13-,14-,15+,16+,17+,18-,20?/m1/s1. The minimum absolute atomic E-state index is 0.00185. The van der Waals surface area contributed by atoms with Gasteiger partial charge in [0, 0.05) is 11.8 Å². The zero-order valence-electron chi connectivity index (χ0n) is 16.9.